The largest absolute Gasteiger partial charge is 0.496 e. The van der Waals surface area contributed by atoms with Crippen LogP contribution in [0.4, 0.5) is 0 Å². The van der Waals surface area contributed by atoms with Gasteiger partial charge in [0.2, 0.25) is 20.0 Å². The molecule has 11 heteroatoms. The number of methoxy groups -OCH3 is 4. The minimum atomic E-state index is -4.37. The van der Waals surface area contributed by atoms with Gasteiger partial charge in [-0.3, -0.25) is 0 Å². The van der Waals surface area contributed by atoms with Gasteiger partial charge in [0.25, 0.3) is 0 Å². The lowest BCUT2D eigenvalue weighted by Gasteiger charge is -2.10. The predicted molar refractivity (Wildman–Crippen MR) is 118 cm³/mol. The number of ether oxygens (including phenoxy) is 4. The van der Waals surface area contributed by atoms with Crippen molar-refractivity contribution in [2.24, 2.45) is 0 Å². The highest BCUT2D eigenvalue weighted by Gasteiger charge is 2.17. The first-order valence-corrected chi connectivity index (χ1v) is 11.8. The maximum atomic E-state index is 12.3. The molecule has 0 spiro atoms. The Morgan fingerprint density at radius 2 is 0.903 bits per heavy atom. The van der Waals surface area contributed by atoms with E-state index in [0.717, 1.165) is 0 Å². The molecule has 0 atom stereocenters. The van der Waals surface area contributed by atoms with E-state index in [-0.39, 0.29) is 0 Å². The van der Waals surface area contributed by atoms with Crippen molar-refractivity contribution in [2.75, 3.05) is 28.4 Å². The summed E-state index contributed by atoms with van der Waals surface area (Å²) in [5.74, 6) is 1.43. The molecule has 0 radical (unpaired) electrons. The molecule has 1 N–H and O–H groups in total. The maximum absolute atomic E-state index is 12.3. The van der Waals surface area contributed by atoms with Crippen molar-refractivity contribution < 1.29 is 35.8 Å². The van der Waals surface area contributed by atoms with Gasteiger partial charge in [0.1, 0.15) is 23.0 Å². The fourth-order valence-electron chi connectivity index (χ4n) is 2.62. The summed E-state index contributed by atoms with van der Waals surface area (Å²) in [6.07, 6.45) is 2.37. The standard InChI is InChI=1S/C20H23NO8S2/c1-26-17-7-5-8-18(27-2)15(17)11-13-30(22,23)21-31(24,25)14-12-16-19(28-3)9-6-10-20(16)29-4/h5-14,21H,1-4H3/b13-11+,14-12+. The quantitative estimate of drug-likeness (QED) is 0.564. The van der Waals surface area contributed by atoms with Crippen molar-refractivity contribution in [2.45, 2.75) is 0 Å². The number of rotatable bonds is 10. The van der Waals surface area contributed by atoms with E-state index in [2.05, 4.69) is 0 Å². The molecule has 0 heterocycles. The van der Waals surface area contributed by atoms with Crippen molar-refractivity contribution in [3.8, 4) is 23.0 Å². The summed E-state index contributed by atoms with van der Waals surface area (Å²) in [5, 5.41) is 1.42. The monoisotopic (exact) mass is 469 g/mol. The van der Waals surface area contributed by atoms with Gasteiger partial charge in [-0.05, 0) is 36.4 Å². The normalized spacial score (nSPS) is 12.3. The SMILES string of the molecule is COc1cccc(OC)c1/C=C/S(=O)(=O)NS(=O)(=O)/C=C/c1c(OC)cccc1OC. The molecule has 168 valence electrons. The first kappa shape index (κ1) is 24.3. The van der Waals surface area contributed by atoms with Gasteiger partial charge in [-0.25, -0.2) is 16.8 Å². The topological polar surface area (TPSA) is 117 Å². The lowest BCUT2D eigenvalue weighted by molar-refractivity contribution is 0.392. The third kappa shape index (κ3) is 6.48. The molecule has 2 aromatic rings. The van der Waals surface area contributed by atoms with Crippen LogP contribution in [0.1, 0.15) is 11.1 Å². The zero-order valence-electron chi connectivity index (χ0n) is 17.4. The number of hydrogen-bond acceptors (Lipinski definition) is 8. The van der Waals surface area contributed by atoms with Crippen LogP contribution >= 0.6 is 0 Å². The van der Waals surface area contributed by atoms with Crippen molar-refractivity contribution in [3.05, 3.63) is 58.3 Å². The minimum Gasteiger partial charge on any atom is -0.496 e. The average molecular weight is 470 g/mol. The van der Waals surface area contributed by atoms with E-state index < -0.39 is 20.0 Å². The van der Waals surface area contributed by atoms with Crippen LogP contribution in [0.25, 0.3) is 12.2 Å². The van der Waals surface area contributed by atoms with Crippen LogP contribution < -0.4 is 23.1 Å². The van der Waals surface area contributed by atoms with Crippen molar-refractivity contribution in [1.29, 1.82) is 0 Å². The second kappa shape index (κ2) is 10.3. The van der Waals surface area contributed by atoms with Crippen molar-refractivity contribution in [1.82, 2.24) is 4.13 Å². The molecule has 2 aromatic carbocycles. The number of sulfonamides is 2. The third-order valence-electron chi connectivity index (χ3n) is 3.99. The second-order valence-electron chi connectivity index (χ2n) is 5.93. The summed E-state index contributed by atoms with van der Waals surface area (Å²) in [7, 11) is -3.07. The molecule has 0 saturated carbocycles. The van der Waals surface area contributed by atoms with Gasteiger partial charge in [0, 0.05) is 10.8 Å². The van der Waals surface area contributed by atoms with Gasteiger partial charge < -0.3 is 18.9 Å². The summed E-state index contributed by atoms with van der Waals surface area (Å²) >= 11 is 0. The summed E-state index contributed by atoms with van der Waals surface area (Å²) in [5.41, 5.74) is 0.675. The molecule has 0 saturated heterocycles. The van der Waals surface area contributed by atoms with E-state index in [4.69, 9.17) is 18.9 Å². The van der Waals surface area contributed by atoms with Gasteiger partial charge in [-0.15, -0.1) is 4.13 Å². The molecule has 0 aromatic heterocycles. The average Bonchev–Trinajstić information content (AvgIpc) is 2.74. The lowest BCUT2D eigenvalue weighted by atomic mass is 10.2. The highest BCUT2D eigenvalue weighted by atomic mass is 32.3. The van der Waals surface area contributed by atoms with E-state index >= 15 is 0 Å². The smallest absolute Gasteiger partial charge is 0.246 e. The molecule has 9 nitrogen and oxygen atoms in total. The Morgan fingerprint density at radius 3 is 1.16 bits per heavy atom. The van der Waals surface area contributed by atoms with Crippen molar-refractivity contribution >= 4 is 32.2 Å². The zero-order valence-corrected chi connectivity index (χ0v) is 19.0. The van der Waals surface area contributed by atoms with Gasteiger partial charge in [0.05, 0.1) is 39.6 Å². The molecule has 31 heavy (non-hydrogen) atoms. The maximum Gasteiger partial charge on any atom is 0.246 e. The highest BCUT2D eigenvalue weighted by Crippen LogP contribution is 2.30. The van der Waals surface area contributed by atoms with Crippen LogP contribution in [0.15, 0.2) is 47.2 Å². The Labute approximate surface area is 182 Å². The van der Waals surface area contributed by atoms with Gasteiger partial charge in [0.15, 0.2) is 0 Å². The molecule has 0 fully saturated rings. The van der Waals surface area contributed by atoms with Crippen LogP contribution in [0, 0.1) is 0 Å². The number of hydrogen-bond donors (Lipinski definition) is 1. The minimum absolute atomic E-state index is 0.338. The summed E-state index contributed by atoms with van der Waals surface area (Å²) in [4.78, 5) is 0. The van der Waals surface area contributed by atoms with E-state index in [1.807, 2.05) is 0 Å². The van der Waals surface area contributed by atoms with Crippen LogP contribution in [0.3, 0.4) is 0 Å². The Balaban J connectivity index is 2.30. The van der Waals surface area contributed by atoms with Gasteiger partial charge >= 0.3 is 0 Å². The molecule has 0 aliphatic carbocycles. The van der Waals surface area contributed by atoms with Crippen LogP contribution in [0.5, 0.6) is 23.0 Å². The summed E-state index contributed by atoms with van der Waals surface area (Å²) < 4.78 is 71.7. The van der Waals surface area contributed by atoms with Crippen LogP contribution in [-0.4, -0.2) is 45.3 Å². The van der Waals surface area contributed by atoms with Crippen LogP contribution in [-0.2, 0) is 20.0 Å². The van der Waals surface area contributed by atoms with Crippen molar-refractivity contribution in [3.63, 3.8) is 0 Å². The molecule has 0 unspecified atom stereocenters. The molecule has 0 aliphatic rings. The molecular formula is C20H23NO8S2. The predicted octanol–water partition coefficient (Wildman–Crippen LogP) is 2.61. The van der Waals surface area contributed by atoms with Gasteiger partial charge in [-0.2, -0.15) is 0 Å². The summed E-state index contributed by atoms with van der Waals surface area (Å²) in [6.45, 7) is 0. The van der Waals surface area contributed by atoms with Crippen LogP contribution in [0.2, 0.25) is 0 Å². The zero-order chi connectivity index (χ0) is 23.1. The van der Waals surface area contributed by atoms with E-state index in [1.54, 1.807) is 40.5 Å². The van der Waals surface area contributed by atoms with Gasteiger partial charge in [-0.1, -0.05) is 12.1 Å². The van der Waals surface area contributed by atoms with E-state index in [9.17, 15) is 16.8 Å². The Bertz CT molecular complexity index is 1050. The summed E-state index contributed by atoms with van der Waals surface area (Å²) in [6, 6.07) is 9.79. The fourth-order valence-corrected chi connectivity index (χ4v) is 4.99. The molecule has 0 aliphatic heterocycles. The third-order valence-corrected chi connectivity index (χ3v) is 6.84. The van der Waals surface area contributed by atoms with E-state index in [0.29, 0.717) is 44.9 Å². The Morgan fingerprint density at radius 1 is 0.613 bits per heavy atom. The molecule has 0 bridgehead atoms. The number of benzene rings is 2. The Hall–Kier alpha value is -3.02. The first-order chi connectivity index (χ1) is 14.7. The molecule has 0 amide bonds. The number of nitrogens with one attached hydrogen (secondary N) is 1. The second-order valence-corrected chi connectivity index (χ2v) is 9.32. The Kier molecular flexibility index (Phi) is 8.08. The molecule has 2 rings (SSSR count). The highest BCUT2D eigenvalue weighted by molar-refractivity contribution is 8.07. The lowest BCUT2D eigenvalue weighted by Crippen LogP contribution is -2.27. The molecular weight excluding hydrogens is 446 g/mol. The van der Waals surface area contributed by atoms with E-state index in [1.165, 1.54) is 40.6 Å². The fraction of sp³-hybridized carbons (Fsp3) is 0.200. The first-order valence-electron chi connectivity index (χ1n) is 8.73.